The molecule has 1 aromatic carbocycles. The summed E-state index contributed by atoms with van der Waals surface area (Å²) < 4.78 is 5.03. The Morgan fingerprint density at radius 2 is 1.84 bits per heavy atom. The van der Waals surface area contributed by atoms with Gasteiger partial charge in [-0.15, -0.1) is 22.7 Å². The van der Waals surface area contributed by atoms with E-state index in [2.05, 4.69) is 16.2 Å². The van der Waals surface area contributed by atoms with Crippen molar-refractivity contribution >= 4 is 56.9 Å². The number of methoxy groups -OCH3 is 1. The number of esters is 1. The van der Waals surface area contributed by atoms with Crippen LogP contribution in [0.2, 0.25) is 0 Å². The van der Waals surface area contributed by atoms with Gasteiger partial charge in [-0.1, -0.05) is 30.3 Å². The van der Waals surface area contributed by atoms with Crippen LogP contribution in [0.4, 0.5) is 5.00 Å². The van der Waals surface area contributed by atoms with Crippen molar-refractivity contribution < 1.29 is 14.3 Å². The first-order valence-electron chi connectivity index (χ1n) is 10.2. The molecule has 0 saturated heterocycles. The van der Waals surface area contributed by atoms with Gasteiger partial charge < -0.3 is 10.1 Å². The van der Waals surface area contributed by atoms with Crippen LogP contribution in [0.1, 0.15) is 48.9 Å². The SMILES string of the molecule is COC(=O)c1c(NC(=S)NNC(=O)c2csc3c2CCCC3)sc(C)c1-c1ccccc1. The molecule has 6 nitrogen and oxygen atoms in total. The van der Waals surface area contributed by atoms with E-state index in [4.69, 9.17) is 17.0 Å². The number of nitrogens with one attached hydrogen (secondary N) is 3. The van der Waals surface area contributed by atoms with Crippen molar-refractivity contribution in [2.24, 2.45) is 0 Å². The summed E-state index contributed by atoms with van der Waals surface area (Å²) in [5, 5.41) is 5.71. The number of amides is 1. The second-order valence-corrected chi connectivity index (χ2v) is 9.98. The van der Waals surface area contributed by atoms with Crippen LogP contribution in [0.25, 0.3) is 11.1 Å². The van der Waals surface area contributed by atoms with Gasteiger partial charge in [0.1, 0.15) is 10.6 Å². The van der Waals surface area contributed by atoms with Crippen LogP contribution in [0.3, 0.4) is 0 Å². The molecule has 166 valence electrons. The smallest absolute Gasteiger partial charge is 0.341 e. The Hall–Kier alpha value is -2.75. The zero-order valence-electron chi connectivity index (χ0n) is 17.7. The number of ether oxygens (including phenoxy) is 1. The molecule has 3 aromatic rings. The standard InChI is InChI=1S/C23H23N3O3S3/c1-13-18(14-8-4-3-5-9-14)19(22(28)29-2)21(32-13)24-23(30)26-25-20(27)16-12-31-17-11-7-6-10-15(16)17/h3-5,8-9,12H,6-7,10-11H2,1-2H3,(H,25,27)(H2,24,26,30). The summed E-state index contributed by atoms with van der Waals surface area (Å²) in [5.74, 6) is -0.665. The molecule has 4 rings (SSSR count). The van der Waals surface area contributed by atoms with Gasteiger partial charge in [0.15, 0.2) is 5.11 Å². The van der Waals surface area contributed by atoms with Gasteiger partial charge in [-0.2, -0.15) is 0 Å². The lowest BCUT2D eigenvalue weighted by Crippen LogP contribution is -2.44. The lowest BCUT2D eigenvalue weighted by atomic mass is 9.96. The van der Waals surface area contributed by atoms with Gasteiger partial charge in [0.2, 0.25) is 0 Å². The molecule has 0 bridgehead atoms. The van der Waals surface area contributed by atoms with E-state index < -0.39 is 5.97 Å². The largest absolute Gasteiger partial charge is 0.465 e. The van der Waals surface area contributed by atoms with E-state index in [1.165, 1.54) is 29.7 Å². The van der Waals surface area contributed by atoms with E-state index in [1.807, 2.05) is 42.6 Å². The Bertz CT molecular complexity index is 1170. The number of carbonyl (C=O) groups excluding carboxylic acids is 2. The number of anilines is 1. The number of hydrazine groups is 1. The molecule has 2 heterocycles. The van der Waals surface area contributed by atoms with Gasteiger partial charge in [0.05, 0.1) is 12.7 Å². The molecular formula is C23H23N3O3S3. The van der Waals surface area contributed by atoms with Crippen molar-refractivity contribution in [3.63, 3.8) is 0 Å². The summed E-state index contributed by atoms with van der Waals surface area (Å²) in [7, 11) is 1.35. The quantitative estimate of drug-likeness (QED) is 0.272. The van der Waals surface area contributed by atoms with Crippen molar-refractivity contribution in [3.8, 4) is 11.1 Å². The van der Waals surface area contributed by atoms with Gasteiger partial charge in [-0.3, -0.25) is 15.6 Å². The van der Waals surface area contributed by atoms with Gasteiger partial charge in [0.25, 0.3) is 5.91 Å². The average molecular weight is 486 g/mol. The number of hydrogen-bond donors (Lipinski definition) is 3. The highest BCUT2D eigenvalue weighted by Crippen LogP contribution is 2.40. The van der Waals surface area contributed by atoms with E-state index in [9.17, 15) is 9.59 Å². The molecule has 1 aliphatic rings. The van der Waals surface area contributed by atoms with Gasteiger partial charge in [-0.25, -0.2) is 4.79 Å². The number of hydrogen-bond acceptors (Lipinski definition) is 6. The molecule has 1 aliphatic carbocycles. The first-order chi connectivity index (χ1) is 15.5. The predicted molar refractivity (Wildman–Crippen MR) is 134 cm³/mol. The highest BCUT2D eigenvalue weighted by Gasteiger charge is 2.25. The van der Waals surface area contributed by atoms with E-state index in [1.54, 1.807) is 11.3 Å². The summed E-state index contributed by atoms with van der Waals surface area (Å²) in [4.78, 5) is 27.5. The fourth-order valence-electron chi connectivity index (χ4n) is 3.88. The molecule has 0 aliphatic heterocycles. The first-order valence-corrected chi connectivity index (χ1v) is 12.3. The topological polar surface area (TPSA) is 79.5 Å². The van der Waals surface area contributed by atoms with E-state index in [0.29, 0.717) is 16.1 Å². The Morgan fingerprint density at radius 3 is 2.59 bits per heavy atom. The highest BCUT2D eigenvalue weighted by atomic mass is 32.1. The molecule has 0 saturated carbocycles. The summed E-state index contributed by atoms with van der Waals surface area (Å²) in [6, 6.07) is 9.67. The number of thiocarbonyl (C=S) groups is 1. The van der Waals surface area contributed by atoms with Crippen molar-refractivity contribution in [1.82, 2.24) is 10.9 Å². The van der Waals surface area contributed by atoms with Crippen LogP contribution >= 0.6 is 34.9 Å². The number of benzene rings is 1. The van der Waals surface area contributed by atoms with Gasteiger partial charge in [0, 0.05) is 20.7 Å². The lowest BCUT2D eigenvalue weighted by Gasteiger charge is -2.14. The number of carbonyl (C=O) groups is 2. The lowest BCUT2D eigenvalue weighted by molar-refractivity contribution is 0.0603. The van der Waals surface area contributed by atoms with Crippen LogP contribution < -0.4 is 16.2 Å². The minimum absolute atomic E-state index is 0.188. The predicted octanol–water partition coefficient (Wildman–Crippen LogP) is 5.08. The molecule has 0 unspecified atom stereocenters. The fourth-order valence-corrected chi connectivity index (χ4v) is 6.29. The Balaban J connectivity index is 1.49. The normalized spacial score (nSPS) is 12.6. The second-order valence-electron chi connectivity index (χ2n) is 7.39. The van der Waals surface area contributed by atoms with Crippen molar-refractivity contribution in [1.29, 1.82) is 0 Å². The van der Waals surface area contributed by atoms with Crippen molar-refractivity contribution in [2.75, 3.05) is 12.4 Å². The van der Waals surface area contributed by atoms with Crippen LogP contribution in [0.5, 0.6) is 0 Å². The third-order valence-electron chi connectivity index (χ3n) is 5.36. The summed E-state index contributed by atoms with van der Waals surface area (Å²) in [6.45, 7) is 1.95. The fraction of sp³-hybridized carbons (Fsp3) is 0.261. The number of fused-ring (bicyclic) bond motifs is 1. The van der Waals surface area contributed by atoms with Crippen molar-refractivity contribution in [3.05, 3.63) is 62.2 Å². The molecular weight excluding hydrogens is 462 g/mol. The average Bonchev–Trinajstić information content (AvgIpc) is 3.38. The molecule has 0 spiro atoms. The number of rotatable bonds is 4. The Kier molecular flexibility index (Phi) is 6.88. The van der Waals surface area contributed by atoms with Gasteiger partial charge in [-0.05, 0) is 56.0 Å². The van der Waals surface area contributed by atoms with Crippen LogP contribution in [0.15, 0.2) is 35.7 Å². The number of aryl methyl sites for hydroxylation is 2. The first kappa shape index (κ1) is 22.4. The zero-order valence-corrected chi connectivity index (χ0v) is 20.2. The molecule has 0 fully saturated rings. The third kappa shape index (κ3) is 4.55. The maximum Gasteiger partial charge on any atom is 0.341 e. The van der Waals surface area contributed by atoms with Crippen molar-refractivity contribution in [2.45, 2.75) is 32.6 Å². The monoisotopic (exact) mass is 485 g/mol. The van der Waals surface area contributed by atoms with E-state index in [-0.39, 0.29) is 11.0 Å². The molecule has 1 amide bonds. The zero-order chi connectivity index (χ0) is 22.7. The summed E-state index contributed by atoms with van der Waals surface area (Å²) in [5.41, 5.74) is 9.43. The van der Waals surface area contributed by atoms with E-state index in [0.717, 1.165) is 40.8 Å². The molecule has 9 heteroatoms. The molecule has 32 heavy (non-hydrogen) atoms. The molecule has 3 N–H and O–H groups in total. The van der Waals surface area contributed by atoms with Crippen LogP contribution in [-0.4, -0.2) is 24.1 Å². The molecule has 0 atom stereocenters. The third-order valence-corrected chi connectivity index (χ3v) is 7.67. The molecule has 0 radical (unpaired) electrons. The maximum absolute atomic E-state index is 12.7. The van der Waals surface area contributed by atoms with Gasteiger partial charge >= 0.3 is 5.97 Å². The Labute approximate surface area is 200 Å². The summed E-state index contributed by atoms with van der Waals surface area (Å²) in [6.07, 6.45) is 4.26. The second kappa shape index (κ2) is 9.81. The minimum atomic E-state index is -0.451. The maximum atomic E-state index is 12.7. The molecule has 2 aromatic heterocycles. The minimum Gasteiger partial charge on any atom is -0.465 e. The van der Waals surface area contributed by atoms with Crippen LogP contribution in [0, 0.1) is 6.92 Å². The van der Waals surface area contributed by atoms with Crippen LogP contribution in [-0.2, 0) is 17.6 Å². The Morgan fingerprint density at radius 1 is 1.09 bits per heavy atom. The number of thiophene rings is 2. The highest BCUT2D eigenvalue weighted by molar-refractivity contribution is 7.80. The van der Waals surface area contributed by atoms with E-state index >= 15 is 0 Å². The summed E-state index contributed by atoms with van der Waals surface area (Å²) >= 11 is 8.42.